The van der Waals surface area contributed by atoms with Gasteiger partial charge < -0.3 is 5.73 Å². The van der Waals surface area contributed by atoms with E-state index in [1.54, 1.807) is 6.20 Å². The van der Waals surface area contributed by atoms with E-state index in [2.05, 4.69) is 5.10 Å². The summed E-state index contributed by atoms with van der Waals surface area (Å²) in [5, 5.41) is 5.49. The number of nitrogens with zero attached hydrogens (tertiary/aromatic N) is 2. The Balaban J connectivity index is 2.49. The van der Waals surface area contributed by atoms with Crippen molar-refractivity contribution in [3.05, 3.63) is 51.3 Å². The van der Waals surface area contributed by atoms with E-state index in [0.29, 0.717) is 10.0 Å². The monoisotopic (exact) mass is 297 g/mol. The summed E-state index contributed by atoms with van der Waals surface area (Å²) in [4.78, 5) is 0. The van der Waals surface area contributed by atoms with Crippen LogP contribution in [-0.2, 0) is 0 Å². The molecule has 5 heteroatoms. The topological polar surface area (TPSA) is 43.8 Å². The molecule has 19 heavy (non-hydrogen) atoms. The Morgan fingerprint density at radius 1 is 1.21 bits per heavy atom. The molecule has 1 heterocycles. The second-order valence-corrected chi connectivity index (χ2v) is 5.73. The molecule has 3 nitrogen and oxygen atoms in total. The Morgan fingerprint density at radius 2 is 1.89 bits per heavy atom. The van der Waals surface area contributed by atoms with Crippen LogP contribution in [0.1, 0.15) is 42.8 Å². The molecule has 0 fully saturated rings. The van der Waals surface area contributed by atoms with E-state index in [1.165, 1.54) is 0 Å². The lowest BCUT2D eigenvalue weighted by Crippen LogP contribution is -2.19. The Morgan fingerprint density at radius 3 is 2.47 bits per heavy atom. The SMILES string of the molecule is Cc1ccc(C(N)c2c(Cl)cnn2C(C)C)c(Cl)c1. The maximum absolute atomic E-state index is 6.32. The van der Waals surface area contributed by atoms with Crippen LogP contribution in [0.3, 0.4) is 0 Å². The molecule has 1 atom stereocenters. The Labute approximate surface area is 123 Å². The van der Waals surface area contributed by atoms with Crippen molar-refractivity contribution in [3.8, 4) is 0 Å². The summed E-state index contributed by atoms with van der Waals surface area (Å²) in [6.45, 7) is 6.07. The third-order valence-corrected chi connectivity index (χ3v) is 3.68. The molecule has 0 spiro atoms. The van der Waals surface area contributed by atoms with E-state index in [-0.39, 0.29) is 12.1 Å². The van der Waals surface area contributed by atoms with E-state index in [4.69, 9.17) is 28.9 Å². The zero-order valence-corrected chi connectivity index (χ0v) is 12.7. The van der Waals surface area contributed by atoms with Crippen LogP contribution >= 0.6 is 23.2 Å². The van der Waals surface area contributed by atoms with Gasteiger partial charge in [0.05, 0.1) is 23.0 Å². The highest BCUT2D eigenvalue weighted by Gasteiger charge is 2.21. The predicted octanol–water partition coefficient (Wildman–Crippen LogP) is 4.13. The van der Waals surface area contributed by atoms with E-state index in [1.807, 2.05) is 43.7 Å². The van der Waals surface area contributed by atoms with Gasteiger partial charge in [-0.25, -0.2) is 0 Å². The van der Waals surface area contributed by atoms with Crippen molar-refractivity contribution >= 4 is 23.2 Å². The van der Waals surface area contributed by atoms with Gasteiger partial charge in [-0.3, -0.25) is 4.68 Å². The van der Waals surface area contributed by atoms with Crippen LogP contribution in [0, 0.1) is 6.92 Å². The normalized spacial score (nSPS) is 13.0. The van der Waals surface area contributed by atoms with E-state index < -0.39 is 0 Å². The fourth-order valence-electron chi connectivity index (χ4n) is 2.08. The van der Waals surface area contributed by atoms with Gasteiger partial charge in [0.25, 0.3) is 0 Å². The van der Waals surface area contributed by atoms with Crippen LogP contribution in [0.15, 0.2) is 24.4 Å². The number of halogens is 2. The maximum Gasteiger partial charge on any atom is 0.0837 e. The van der Waals surface area contributed by atoms with Crippen LogP contribution in [0.25, 0.3) is 0 Å². The summed E-state index contributed by atoms with van der Waals surface area (Å²) in [6, 6.07) is 5.64. The highest BCUT2D eigenvalue weighted by Crippen LogP contribution is 2.32. The largest absolute Gasteiger partial charge is 0.319 e. The fraction of sp³-hybridized carbons (Fsp3) is 0.357. The summed E-state index contributed by atoms with van der Waals surface area (Å²) in [7, 11) is 0. The molecule has 0 aliphatic carbocycles. The van der Waals surface area contributed by atoms with Crippen LogP contribution in [0.4, 0.5) is 0 Å². The molecule has 0 aliphatic rings. The van der Waals surface area contributed by atoms with Gasteiger partial charge in [-0.1, -0.05) is 35.3 Å². The van der Waals surface area contributed by atoms with Crippen LogP contribution in [0.5, 0.6) is 0 Å². The molecule has 1 aromatic heterocycles. The zero-order valence-electron chi connectivity index (χ0n) is 11.2. The van der Waals surface area contributed by atoms with Gasteiger partial charge in [-0.05, 0) is 38.0 Å². The Kier molecular flexibility index (Phi) is 4.19. The molecule has 0 radical (unpaired) electrons. The van der Waals surface area contributed by atoms with Gasteiger partial charge in [0.1, 0.15) is 0 Å². The highest BCUT2D eigenvalue weighted by atomic mass is 35.5. The highest BCUT2D eigenvalue weighted by molar-refractivity contribution is 6.32. The minimum Gasteiger partial charge on any atom is -0.319 e. The molecule has 1 unspecified atom stereocenters. The van der Waals surface area contributed by atoms with Crippen LogP contribution in [0.2, 0.25) is 10.0 Å². The average Bonchev–Trinajstić information content (AvgIpc) is 2.70. The quantitative estimate of drug-likeness (QED) is 0.926. The molecule has 2 rings (SSSR count). The van der Waals surface area contributed by atoms with E-state index in [0.717, 1.165) is 16.8 Å². The smallest absolute Gasteiger partial charge is 0.0837 e. The van der Waals surface area contributed by atoms with E-state index in [9.17, 15) is 0 Å². The summed E-state index contributed by atoms with van der Waals surface area (Å²) in [5.74, 6) is 0. The molecule has 0 bridgehead atoms. The fourth-order valence-corrected chi connectivity index (χ4v) is 2.69. The number of nitrogens with two attached hydrogens (primary N) is 1. The molecule has 2 N–H and O–H groups in total. The standard InChI is InChI=1S/C14H17Cl2N3/c1-8(2)19-14(12(16)7-18-19)13(17)10-5-4-9(3)6-11(10)15/h4-8,13H,17H2,1-3H3. The first-order valence-corrected chi connectivity index (χ1v) is 6.92. The van der Waals surface area contributed by atoms with E-state index >= 15 is 0 Å². The lowest BCUT2D eigenvalue weighted by Gasteiger charge is -2.19. The molecular formula is C14H17Cl2N3. The second kappa shape index (κ2) is 5.53. The first kappa shape index (κ1) is 14.4. The summed E-state index contributed by atoms with van der Waals surface area (Å²) < 4.78 is 1.84. The average molecular weight is 298 g/mol. The third kappa shape index (κ3) is 2.78. The third-order valence-electron chi connectivity index (χ3n) is 3.06. The number of hydrogen-bond donors (Lipinski definition) is 1. The molecular weight excluding hydrogens is 281 g/mol. The molecule has 102 valence electrons. The zero-order chi connectivity index (χ0) is 14.2. The van der Waals surface area contributed by atoms with Crippen LogP contribution < -0.4 is 5.73 Å². The van der Waals surface area contributed by atoms with Crippen LogP contribution in [-0.4, -0.2) is 9.78 Å². The number of aromatic nitrogens is 2. The Bertz CT molecular complexity index is 590. The lowest BCUT2D eigenvalue weighted by molar-refractivity contribution is 0.499. The maximum atomic E-state index is 6.32. The van der Waals surface area contributed by atoms with Crippen molar-refractivity contribution < 1.29 is 0 Å². The summed E-state index contributed by atoms with van der Waals surface area (Å²) in [6.07, 6.45) is 1.62. The van der Waals surface area contributed by atoms with Crippen molar-refractivity contribution in [1.29, 1.82) is 0 Å². The van der Waals surface area contributed by atoms with Gasteiger partial charge >= 0.3 is 0 Å². The second-order valence-electron chi connectivity index (χ2n) is 4.92. The molecule has 0 saturated carbocycles. The predicted molar refractivity (Wildman–Crippen MR) is 79.8 cm³/mol. The minimum absolute atomic E-state index is 0.192. The van der Waals surface area contributed by atoms with Crippen molar-refractivity contribution in [2.75, 3.05) is 0 Å². The lowest BCUT2D eigenvalue weighted by atomic mass is 10.0. The van der Waals surface area contributed by atoms with Crippen molar-refractivity contribution in [2.45, 2.75) is 32.9 Å². The van der Waals surface area contributed by atoms with Gasteiger partial charge in [0.2, 0.25) is 0 Å². The van der Waals surface area contributed by atoms with Gasteiger partial charge in [-0.2, -0.15) is 5.10 Å². The van der Waals surface area contributed by atoms with Gasteiger partial charge in [-0.15, -0.1) is 0 Å². The number of aryl methyl sites for hydroxylation is 1. The molecule has 2 aromatic rings. The first-order chi connectivity index (χ1) is 8.91. The summed E-state index contributed by atoms with van der Waals surface area (Å²) in [5.41, 5.74) is 9.07. The Hall–Kier alpha value is -1.03. The molecule has 0 aliphatic heterocycles. The van der Waals surface area contributed by atoms with Crippen molar-refractivity contribution in [3.63, 3.8) is 0 Å². The number of benzene rings is 1. The van der Waals surface area contributed by atoms with Gasteiger partial charge in [0.15, 0.2) is 0 Å². The summed E-state index contributed by atoms with van der Waals surface area (Å²) >= 11 is 12.5. The molecule has 0 amide bonds. The number of hydrogen-bond acceptors (Lipinski definition) is 2. The molecule has 1 aromatic carbocycles. The molecule has 0 saturated heterocycles. The number of rotatable bonds is 3. The minimum atomic E-state index is -0.384. The first-order valence-electron chi connectivity index (χ1n) is 6.16. The van der Waals surface area contributed by atoms with Crippen molar-refractivity contribution in [1.82, 2.24) is 9.78 Å². The van der Waals surface area contributed by atoms with Gasteiger partial charge in [0, 0.05) is 11.1 Å². The van der Waals surface area contributed by atoms with Crippen molar-refractivity contribution in [2.24, 2.45) is 5.73 Å².